The molecule has 0 unspecified atom stereocenters. The van der Waals surface area contributed by atoms with Crippen molar-refractivity contribution in [2.45, 2.75) is 33.1 Å². The first-order valence-corrected chi connectivity index (χ1v) is 7.50. The third kappa shape index (κ3) is 3.28. The number of nitrogens with one attached hydrogen (secondary N) is 2. The molecule has 1 aliphatic rings. The Morgan fingerprint density at radius 3 is 2.77 bits per heavy atom. The van der Waals surface area contributed by atoms with Gasteiger partial charge in [-0.25, -0.2) is 4.79 Å². The van der Waals surface area contributed by atoms with Crippen molar-refractivity contribution in [1.82, 2.24) is 5.32 Å². The molecule has 2 aromatic rings. The zero-order valence-corrected chi connectivity index (χ0v) is 12.8. The molecule has 0 spiro atoms. The molecule has 0 atom stereocenters. The Kier molecular flexibility index (Phi) is 4.11. The van der Waals surface area contributed by atoms with E-state index >= 15 is 0 Å². The molecule has 0 aliphatic carbocycles. The van der Waals surface area contributed by atoms with Gasteiger partial charge in [-0.1, -0.05) is 30.3 Å². The minimum absolute atomic E-state index is 0.149. The van der Waals surface area contributed by atoms with Crippen LogP contribution < -0.4 is 10.6 Å². The lowest BCUT2D eigenvalue weighted by atomic mass is 10.00. The topological polar surface area (TPSA) is 50.4 Å². The minimum atomic E-state index is -0.149. The predicted octanol–water partition coefficient (Wildman–Crippen LogP) is 3.91. The van der Waals surface area contributed by atoms with Gasteiger partial charge in [0.05, 0.1) is 12.7 Å². The zero-order chi connectivity index (χ0) is 15.5. The lowest BCUT2D eigenvalue weighted by Gasteiger charge is -2.19. The van der Waals surface area contributed by atoms with E-state index in [-0.39, 0.29) is 12.1 Å². The molecule has 2 aromatic carbocycles. The highest BCUT2D eigenvalue weighted by molar-refractivity contribution is 5.93. The van der Waals surface area contributed by atoms with Crippen LogP contribution in [0.15, 0.2) is 42.5 Å². The second kappa shape index (κ2) is 6.20. The molecule has 114 valence electrons. The molecule has 0 aromatic heterocycles. The van der Waals surface area contributed by atoms with Gasteiger partial charge in [0.25, 0.3) is 0 Å². The molecule has 0 saturated heterocycles. The third-order valence-electron chi connectivity index (χ3n) is 3.64. The average molecular weight is 296 g/mol. The van der Waals surface area contributed by atoms with Crippen LogP contribution in [0.1, 0.15) is 25.0 Å². The molecule has 4 heteroatoms. The molecule has 1 aliphatic heterocycles. The number of ether oxygens (including phenoxy) is 1. The van der Waals surface area contributed by atoms with Crippen LogP contribution in [0.4, 0.5) is 10.5 Å². The smallest absolute Gasteiger partial charge is 0.319 e. The van der Waals surface area contributed by atoms with E-state index in [2.05, 4.69) is 34.9 Å². The van der Waals surface area contributed by atoms with Crippen molar-refractivity contribution < 1.29 is 9.53 Å². The Labute approximate surface area is 130 Å². The number of urea groups is 1. The monoisotopic (exact) mass is 296 g/mol. The fourth-order valence-electron chi connectivity index (χ4n) is 2.47. The van der Waals surface area contributed by atoms with Crippen molar-refractivity contribution in [3.05, 3.63) is 53.6 Å². The molecular formula is C18H20N2O2. The van der Waals surface area contributed by atoms with E-state index in [9.17, 15) is 4.79 Å². The van der Waals surface area contributed by atoms with Gasteiger partial charge in [0.15, 0.2) is 0 Å². The maximum Gasteiger partial charge on any atom is 0.319 e. The summed E-state index contributed by atoms with van der Waals surface area (Å²) in [5, 5.41) is 5.62. The van der Waals surface area contributed by atoms with Gasteiger partial charge < -0.3 is 15.4 Å². The molecule has 2 N–H and O–H groups in total. The lowest BCUT2D eigenvalue weighted by molar-refractivity contribution is 0.0657. The Morgan fingerprint density at radius 2 is 1.95 bits per heavy atom. The normalized spacial score (nSPS) is 13.5. The summed E-state index contributed by atoms with van der Waals surface area (Å²) in [5.74, 6) is 0. The molecule has 4 nitrogen and oxygen atoms in total. The van der Waals surface area contributed by atoms with Crippen LogP contribution in [0, 0.1) is 0 Å². The highest BCUT2D eigenvalue weighted by Crippen LogP contribution is 2.28. The Balaban J connectivity index is 1.86. The van der Waals surface area contributed by atoms with Crippen LogP contribution >= 0.6 is 0 Å². The van der Waals surface area contributed by atoms with Gasteiger partial charge in [-0.05, 0) is 48.2 Å². The standard InChI is InChI=1S/C18H20N2O2/c1-12(2)22-11-13-4-3-5-14(8-13)15-6-7-16-10-19-18(21)20-17(16)9-15/h3-9,12H,10-11H2,1-2H3,(H2,19,20,21). The van der Waals surface area contributed by atoms with E-state index < -0.39 is 0 Å². The Morgan fingerprint density at radius 1 is 1.14 bits per heavy atom. The lowest BCUT2D eigenvalue weighted by Crippen LogP contribution is -2.33. The summed E-state index contributed by atoms with van der Waals surface area (Å²) in [6.45, 7) is 5.24. The first-order valence-electron chi connectivity index (χ1n) is 7.50. The summed E-state index contributed by atoms with van der Waals surface area (Å²) in [6, 6.07) is 14.3. The van der Waals surface area contributed by atoms with Crippen LogP contribution in [-0.4, -0.2) is 12.1 Å². The van der Waals surface area contributed by atoms with Gasteiger partial charge in [0.2, 0.25) is 0 Å². The Bertz CT molecular complexity index is 695. The Hall–Kier alpha value is -2.33. The third-order valence-corrected chi connectivity index (χ3v) is 3.64. The summed E-state index contributed by atoms with van der Waals surface area (Å²) in [5.41, 5.74) is 5.34. The predicted molar refractivity (Wildman–Crippen MR) is 87.7 cm³/mol. The van der Waals surface area contributed by atoms with Crippen molar-refractivity contribution in [2.24, 2.45) is 0 Å². The van der Waals surface area contributed by atoms with Crippen LogP contribution in [0.2, 0.25) is 0 Å². The minimum Gasteiger partial charge on any atom is -0.374 e. The average Bonchev–Trinajstić information content (AvgIpc) is 2.52. The number of hydrogen-bond donors (Lipinski definition) is 2. The summed E-state index contributed by atoms with van der Waals surface area (Å²) < 4.78 is 5.66. The van der Waals surface area contributed by atoms with Crippen LogP contribution in [0.3, 0.4) is 0 Å². The fourth-order valence-corrected chi connectivity index (χ4v) is 2.47. The number of anilines is 1. The number of benzene rings is 2. The molecule has 0 saturated carbocycles. The number of amides is 2. The number of rotatable bonds is 4. The summed E-state index contributed by atoms with van der Waals surface area (Å²) in [4.78, 5) is 11.4. The molecule has 0 fully saturated rings. The first-order chi connectivity index (χ1) is 10.6. The van der Waals surface area contributed by atoms with E-state index in [0.717, 1.165) is 27.9 Å². The van der Waals surface area contributed by atoms with Crippen molar-refractivity contribution in [2.75, 3.05) is 5.32 Å². The molecule has 0 bridgehead atoms. The molecular weight excluding hydrogens is 276 g/mol. The number of fused-ring (bicyclic) bond motifs is 1. The van der Waals surface area contributed by atoms with Gasteiger partial charge in [-0.15, -0.1) is 0 Å². The number of carbonyl (C=O) groups excluding carboxylic acids is 1. The van der Waals surface area contributed by atoms with Crippen molar-refractivity contribution in [3.63, 3.8) is 0 Å². The largest absolute Gasteiger partial charge is 0.374 e. The summed E-state index contributed by atoms with van der Waals surface area (Å²) in [6.07, 6.45) is 0.218. The first kappa shape index (κ1) is 14.6. The highest BCUT2D eigenvalue weighted by Gasteiger charge is 2.14. The second-order valence-corrected chi connectivity index (χ2v) is 5.74. The van der Waals surface area contributed by atoms with Gasteiger partial charge >= 0.3 is 6.03 Å². The maximum atomic E-state index is 11.4. The molecule has 3 rings (SSSR count). The van der Waals surface area contributed by atoms with E-state index in [1.807, 2.05) is 32.0 Å². The van der Waals surface area contributed by atoms with Gasteiger partial charge in [0.1, 0.15) is 0 Å². The zero-order valence-electron chi connectivity index (χ0n) is 12.8. The summed E-state index contributed by atoms with van der Waals surface area (Å²) in [7, 11) is 0. The molecule has 0 radical (unpaired) electrons. The number of carbonyl (C=O) groups is 1. The molecule has 1 heterocycles. The van der Waals surface area contributed by atoms with Crippen molar-refractivity contribution in [1.29, 1.82) is 0 Å². The van der Waals surface area contributed by atoms with Gasteiger partial charge in [-0.3, -0.25) is 0 Å². The number of hydrogen-bond acceptors (Lipinski definition) is 2. The van der Waals surface area contributed by atoms with Gasteiger partial charge in [0, 0.05) is 12.2 Å². The highest BCUT2D eigenvalue weighted by atomic mass is 16.5. The SMILES string of the molecule is CC(C)OCc1cccc(-c2ccc3c(c2)NC(=O)NC3)c1. The van der Waals surface area contributed by atoms with E-state index in [1.54, 1.807) is 0 Å². The fraction of sp³-hybridized carbons (Fsp3) is 0.278. The van der Waals surface area contributed by atoms with Crippen LogP contribution in [-0.2, 0) is 17.9 Å². The van der Waals surface area contributed by atoms with Crippen molar-refractivity contribution >= 4 is 11.7 Å². The second-order valence-electron chi connectivity index (χ2n) is 5.74. The molecule has 22 heavy (non-hydrogen) atoms. The van der Waals surface area contributed by atoms with Gasteiger partial charge in [-0.2, -0.15) is 0 Å². The van der Waals surface area contributed by atoms with E-state index in [0.29, 0.717) is 13.2 Å². The van der Waals surface area contributed by atoms with E-state index in [1.165, 1.54) is 0 Å². The maximum absolute atomic E-state index is 11.4. The molecule has 2 amide bonds. The van der Waals surface area contributed by atoms with Crippen LogP contribution in [0.25, 0.3) is 11.1 Å². The van der Waals surface area contributed by atoms with Crippen molar-refractivity contribution in [3.8, 4) is 11.1 Å². The van der Waals surface area contributed by atoms with Crippen LogP contribution in [0.5, 0.6) is 0 Å². The van der Waals surface area contributed by atoms with E-state index in [4.69, 9.17) is 4.74 Å². The summed E-state index contributed by atoms with van der Waals surface area (Å²) >= 11 is 0. The quantitative estimate of drug-likeness (QED) is 0.898.